The first-order valence-electron chi connectivity index (χ1n) is 8.37. The van der Waals surface area contributed by atoms with Crippen molar-refractivity contribution in [3.63, 3.8) is 0 Å². The van der Waals surface area contributed by atoms with Crippen molar-refractivity contribution in [3.8, 4) is 10.6 Å². The molecule has 1 aliphatic rings. The zero-order valence-electron chi connectivity index (χ0n) is 14.7. The van der Waals surface area contributed by atoms with Gasteiger partial charge in [-0.3, -0.25) is 9.59 Å². The highest BCUT2D eigenvalue weighted by molar-refractivity contribution is 7.17. The molecule has 1 atom stereocenters. The minimum Gasteiger partial charge on any atom is -0.359 e. The van der Waals surface area contributed by atoms with Gasteiger partial charge in [-0.1, -0.05) is 5.16 Å². The molecule has 10 heteroatoms. The first-order chi connectivity index (χ1) is 12.7. The number of piperidine rings is 1. The first-order valence-corrected chi connectivity index (χ1v) is 9.18. The van der Waals surface area contributed by atoms with Gasteiger partial charge in [-0.15, -0.1) is 11.3 Å². The van der Waals surface area contributed by atoms with Gasteiger partial charge in [-0.25, -0.2) is 0 Å². The van der Waals surface area contributed by atoms with Crippen LogP contribution in [0.15, 0.2) is 16.7 Å². The maximum atomic E-state index is 12.9. The van der Waals surface area contributed by atoms with E-state index >= 15 is 0 Å². The van der Waals surface area contributed by atoms with Crippen LogP contribution in [-0.2, 0) is 11.0 Å². The first kappa shape index (κ1) is 19.4. The minimum atomic E-state index is -4.62. The molecule has 3 heterocycles. The number of hydrogen-bond acceptors (Lipinski definition) is 5. The second-order valence-electron chi connectivity index (χ2n) is 6.35. The molecule has 1 N–H and O–H groups in total. The number of likely N-dealkylation sites (tertiary alicyclic amines) is 1. The minimum absolute atomic E-state index is 0.0771. The predicted molar refractivity (Wildman–Crippen MR) is 92.2 cm³/mol. The number of rotatable bonds is 3. The van der Waals surface area contributed by atoms with Gasteiger partial charge in [0.05, 0.1) is 15.7 Å². The van der Waals surface area contributed by atoms with E-state index in [4.69, 9.17) is 0 Å². The van der Waals surface area contributed by atoms with E-state index in [2.05, 4.69) is 15.0 Å². The average Bonchev–Trinajstić information content (AvgIpc) is 3.26. The summed E-state index contributed by atoms with van der Waals surface area (Å²) < 4.78 is 43.0. The van der Waals surface area contributed by atoms with E-state index in [1.54, 1.807) is 24.1 Å². The molecule has 6 nitrogen and oxygen atoms in total. The van der Waals surface area contributed by atoms with Crippen LogP contribution in [0.2, 0.25) is 0 Å². The summed E-state index contributed by atoms with van der Waals surface area (Å²) in [6.07, 6.45) is -3.18. The molecule has 2 amide bonds. The normalized spacial score (nSPS) is 17.8. The van der Waals surface area contributed by atoms with E-state index in [-0.39, 0.29) is 29.0 Å². The summed E-state index contributed by atoms with van der Waals surface area (Å²) in [5.74, 6) is -1.73. The van der Waals surface area contributed by atoms with Crippen LogP contribution in [0, 0.1) is 12.8 Å². The fraction of sp³-hybridized carbons (Fsp3) is 0.471. The molecule has 2 aromatic heterocycles. The van der Waals surface area contributed by atoms with Gasteiger partial charge in [0.2, 0.25) is 11.7 Å². The molecule has 3 rings (SSSR count). The van der Waals surface area contributed by atoms with Crippen LogP contribution in [0.4, 0.5) is 13.2 Å². The van der Waals surface area contributed by atoms with Crippen LogP contribution in [0.25, 0.3) is 10.6 Å². The van der Waals surface area contributed by atoms with E-state index in [1.165, 1.54) is 6.92 Å². The van der Waals surface area contributed by atoms with Gasteiger partial charge in [0, 0.05) is 25.7 Å². The van der Waals surface area contributed by atoms with Gasteiger partial charge in [0.15, 0.2) is 0 Å². The van der Waals surface area contributed by atoms with Gasteiger partial charge in [0.25, 0.3) is 5.91 Å². The second-order valence-corrected chi connectivity index (χ2v) is 7.44. The molecule has 1 aliphatic heterocycles. The van der Waals surface area contributed by atoms with Crippen LogP contribution < -0.4 is 5.32 Å². The molecule has 0 saturated carbocycles. The number of aromatic nitrogens is 1. The summed E-state index contributed by atoms with van der Waals surface area (Å²) in [7, 11) is 1.56. The zero-order chi connectivity index (χ0) is 19.8. The average molecular weight is 401 g/mol. The summed E-state index contributed by atoms with van der Waals surface area (Å²) in [6, 6.07) is 3.12. The topological polar surface area (TPSA) is 75.4 Å². The van der Waals surface area contributed by atoms with E-state index < -0.39 is 11.9 Å². The molecule has 0 unspecified atom stereocenters. The summed E-state index contributed by atoms with van der Waals surface area (Å²) in [6.45, 7) is 2.15. The SMILES string of the molecule is CNC(=O)[C@H]1CCCN(C(=O)c2ccc(-c3noc(C(F)(F)F)c3C)s2)C1. The number of hydrogen-bond donors (Lipinski definition) is 1. The standard InChI is InChI=1S/C17H18F3N3O3S/c1-9-13(22-26-14(9)17(18,19)20)11-5-6-12(27-11)16(25)23-7-3-4-10(8-23)15(24)21-2/h5-6,10H,3-4,7-8H2,1-2H3,(H,21,24)/t10-/m0/s1. The number of nitrogens with zero attached hydrogens (tertiary/aromatic N) is 2. The van der Waals surface area contributed by atoms with Crippen molar-refractivity contribution in [2.24, 2.45) is 5.92 Å². The monoisotopic (exact) mass is 401 g/mol. The van der Waals surface area contributed by atoms with Crippen molar-refractivity contribution >= 4 is 23.2 Å². The van der Waals surface area contributed by atoms with Gasteiger partial charge in [0.1, 0.15) is 5.69 Å². The van der Waals surface area contributed by atoms with Gasteiger partial charge in [-0.05, 0) is 31.9 Å². The van der Waals surface area contributed by atoms with Crippen molar-refractivity contribution in [3.05, 3.63) is 28.3 Å². The highest BCUT2D eigenvalue weighted by Gasteiger charge is 2.39. The molecule has 146 valence electrons. The molecule has 2 aromatic rings. The third kappa shape index (κ3) is 3.85. The number of carbonyl (C=O) groups excluding carboxylic acids is 2. The van der Waals surface area contributed by atoms with Gasteiger partial charge >= 0.3 is 6.18 Å². The lowest BCUT2D eigenvalue weighted by Crippen LogP contribution is -2.44. The fourth-order valence-electron chi connectivity index (χ4n) is 3.15. The molecular formula is C17H18F3N3O3S. The Bertz CT molecular complexity index is 859. The van der Waals surface area contributed by atoms with E-state index in [0.717, 1.165) is 24.2 Å². The maximum Gasteiger partial charge on any atom is 0.452 e. The Labute approximate surface area is 157 Å². The molecule has 0 aromatic carbocycles. The number of amides is 2. The molecule has 27 heavy (non-hydrogen) atoms. The van der Waals surface area contributed by atoms with Crippen LogP contribution in [-0.4, -0.2) is 42.0 Å². The summed E-state index contributed by atoms with van der Waals surface area (Å²) in [5, 5.41) is 6.12. The smallest absolute Gasteiger partial charge is 0.359 e. The van der Waals surface area contributed by atoms with Gasteiger partial charge in [-0.2, -0.15) is 13.2 Å². The van der Waals surface area contributed by atoms with Crippen LogP contribution >= 0.6 is 11.3 Å². The Morgan fingerprint density at radius 3 is 2.74 bits per heavy atom. The molecular weight excluding hydrogens is 383 g/mol. The molecule has 0 radical (unpaired) electrons. The molecule has 0 aliphatic carbocycles. The van der Waals surface area contributed by atoms with Crippen LogP contribution in [0.5, 0.6) is 0 Å². The van der Waals surface area contributed by atoms with Crippen molar-refractivity contribution in [2.75, 3.05) is 20.1 Å². The van der Waals surface area contributed by atoms with Crippen molar-refractivity contribution in [1.29, 1.82) is 0 Å². The Hall–Kier alpha value is -2.36. The maximum absolute atomic E-state index is 12.9. The van der Waals surface area contributed by atoms with Crippen molar-refractivity contribution < 1.29 is 27.3 Å². The largest absolute Gasteiger partial charge is 0.452 e. The van der Waals surface area contributed by atoms with E-state index in [1.807, 2.05) is 0 Å². The zero-order valence-corrected chi connectivity index (χ0v) is 15.5. The van der Waals surface area contributed by atoms with Crippen molar-refractivity contribution in [2.45, 2.75) is 25.9 Å². The lowest BCUT2D eigenvalue weighted by Gasteiger charge is -2.31. The molecule has 1 fully saturated rings. The highest BCUT2D eigenvalue weighted by atomic mass is 32.1. The lowest BCUT2D eigenvalue weighted by molar-refractivity contribution is -0.156. The van der Waals surface area contributed by atoms with E-state index in [9.17, 15) is 22.8 Å². The Morgan fingerprint density at radius 2 is 2.11 bits per heavy atom. The van der Waals surface area contributed by atoms with Crippen molar-refractivity contribution in [1.82, 2.24) is 15.4 Å². The quantitative estimate of drug-likeness (QED) is 0.856. The molecule has 0 spiro atoms. The third-order valence-corrected chi connectivity index (χ3v) is 5.64. The molecule has 0 bridgehead atoms. The van der Waals surface area contributed by atoms with E-state index in [0.29, 0.717) is 22.8 Å². The number of halogens is 3. The highest BCUT2D eigenvalue weighted by Crippen LogP contribution is 2.38. The van der Waals surface area contributed by atoms with Crippen LogP contribution in [0.3, 0.4) is 0 Å². The molecule has 1 saturated heterocycles. The van der Waals surface area contributed by atoms with Gasteiger partial charge < -0.3 is 14.7 Å². The summed E-state index contributed by atoms with van der Waals surface area (Å²) >= 11 is 1.06. The summed E-state index contributed by atoms with van der Waals surface area (Å²) in [4.78, 5) is 27.0. The third-order valence-electron chi connectivity index (χ3n) is 4.56. The number of carbonyl (C=O) groups is 2. The fourth-order valence-corrected chi connectivity index (χ4v) is 4.16. The Kier molecular flexibility index (Phi) is 5.27. The number of alkyl halides is 3. The summed E-state index contributed by atoms with van der Waals surface area (Å²) in [5.41, 5.74) is -0.0331. The Balaban J connectivity index is 1.79. The second kappa shape index (κ2) is 7.34. The Morgan fingerprint density at radius 1 is 1.37 bits per heavy atom. The van der Waals surface area contributed by atoms with Crippen LogP contribution in [0.1, 0.15) is 33.8 Å². The number of thiophene rings is 1. The predicted octanol–water partition coefficient (Wildman–Crippen LogP) is 3.33. The lowest BCUT2D eigenvalue weighted by atomic mass is 9.97. The number of nitrogens with one attached hydrogen (secondary N) is 1.